The summed E-state index contributed by atoms with van der Waals surface area (Å²) in [7, 11) is -4.40. The van der Waals surface area contributed by atoms with Gasteiger partial charge in [0.05, 0.1) is 13.2 Å². The van der Waals surface area contributed by atoms with Crippen LogP contribution in [0.1, 0.15) is 46.4 Å². The molecule has 3 rings (SSSR count). The molecule has 0 atom stereocenters. The number of fused-ring (bicyclic) bond motifs is 1. The van der Waals surface area contributed by atoms with Crippen molar-refractivity contribution in [3.8, 4) is 0 Å². The van der Waals surface area contributed by atoms with Crippen LogP contribution in [0, 0.1) is 0 Å². The fourth-order valence-corrected chi connectivity index (χ4v) is 5.58. The molecule has 0 amide bonds. The summed E-state index contributed by atoms with van der Waals surface area (Å²) in [6, 6.07) is 6.22. The Morgan fingerprint density at radius 3 is 1.90 bits per heavy atom. The fraction of sp³-hybridized carbons (Fsp3) is 0.500. The van der Waals surface area contributed by atoms with Crippen molar-refractivity contribution in [2.24, 2.45) is 0 Å². The number of allylic oxidation sites excluding steroid dienone is 2. The molecular formula is C20H26N2O6S. The molecule has 9 heteroatoms. The first-order valence-corrected chi connectivity index (χ1v) is 11.3. The second-order valence-electron chi connectivity index (χ2n) is 7.13. The summed E-state index contributed by atoms with van der Waals surface area (Å²) in [5, 5.41) is 18.6. The fourth-order valence-electron chi connectivity index (χ4n) is 3.86. The van der Waals surface area contributed by atoms with Crippen LogP contribution in [0.4, 0.5) is 0 Å². The monoisotopic (exact) mass is 422 g/mol. The van der Waals surface area contributed by atoms with Gasteiger partial charge in [-0.2, -0.15) is 4.31 Å². The lowest BCUT2D eigenvalue weighted by Gasteiger charge is -2.32. The number of sulfonamides is 1. The van der Waals surface area contributed by atoms with E-state index in [1.807, 2.05) is 0 Å². The minimum Gasteiger partial charge on any atom is -0.395 e. The van der Waals surface area contributed by atoms with Crippen molar-refractivity contribution in [2.75, 3.05) is 39.4 Å². The van der Waals surface area contributed by atoms with Crippen LogP contribution in [0.25, 0.3) is 0 Å². The molecule has 1 aromatic rings. The maximum Gasteiger partial charge on any atom is 0.249 e. The lowest BCUT2D eigenvalue weighted by molar-refractivity contribution is 0.0946. The van der Waals surface area contributed by atoms with Crippen LogP contribution in [-0.4, -0.2) is 78.8 Å². The summed E-state index contributed by atoms with van der Waals surface area (Å²) in [6.45, 7) is -0.495. The molecule has 1 fully saturated rings. The highest BCUT2D eigenvalue weighted by molar-refractivity contribution is 7.94. The Kier molecular flexibility index (Phi) is 6.84. The van der Waals surface area contributed by atoms with Gasteiger partial charge in [-0.15, -0.1) is 0 Å². The molecule has 0 spiro atoms. The Balaban J connectivity index is 2.21. The molecule has 1 aliphatic heterocycles. The Morgan fingerprint density at radius 2 is 1.38 bits per heavy atom. The predicted octanol–water partition coefficient (Wildman–Crippen LogP) is 0.770. The molecule has 158 valence electrons. The summed E-state index contributed by atoms with van der Waals surface area (Å²) in [6.07, 6.45) is 3.56. The van der Waals surface area contributed by atoms with Gasteiger partial charge >= 0.3 is 0 Å². The number of carbonyl (C=O) groups excluding carboxylic acids is 2. The van der Waals surface area contributed by atoms with Gasteiger partial charge in [-0.25, -0.2) is 8.42 Å². The molecule has 1 heterocycles. The molecule has 0 unspecified atom stereocenters. The van der Waals surface area contributed by atoms with Crippen LogP contribution in [-0.2, 0) is 10.0 Å². The molecule has 2 aliphatic rings. The first-order chi connectivity index (χ1) is 13.9. The molecule has 0 radical (unpaired) electrons. The summed E-state index contributed by atoms with van der Waals surface area (Å²) in [5.41, 5.74) is 0.172. The third kappa shape index (κ3) is 4.13. The summed E-state index contributed by atoms with van der Waals surface area (Å²) in [5.74, 6) is -1.20. The van der Waals surface area contributed by atoms with Gasteiger partial charge in [0.25, 0.3) is 0 Å². The summed E-state index contributed by atoms with van der Waals surface area (Å²) >= 11 is 0. The number of Topliss-reactive ketones (excluding diaryl/α,β-unsaturated/α-hetero) is 2. The van der Waals surface area contributed by atoms with E-state index in [4.69, 9.17) is 0 Å². The zero-order valence-corrected chi connectivity index (χ0v) is 17.0. The highest BCUT2D eigenvalue weighted by Crippen LogP contribution is 2.33. The number of benzene rings is 1. The number of nitrogens with zero attached hydrogens (tertiary/aromatic N) is 2. The highest BCUT2D eigenvalue weighted by Gasteiger charge is 2.43. The first kappa shape index (κ1) is 21.6. The van der Waals surface area contributed by atoms with Crippen molar-refractivity contribution in [3.05, 3.63) is 46.0 Å². The van der Waals surface area contributed by atoms with Crippen LogP contribution in [0.2, 0.25) is 0 Å². The van der Waals surface area contributed by atoms with E-state index in [-0.39, 0.29) is 29.9 Å². The van der Waals surface area contributed by atoms with E-state index in [0.717, 1.165) is 30.0 Å². The maximum atomic E-state index is 13.4. The van der Waals surface area contributed by atoms with Crippen LogP contribution in [0.5, 0.6) is 0 Å². The number of hydrogen-bond acceptors (Lipinski definition) is 7. The summed E-state index contributed by atoms with van der Waals surface area (Å²) < 4.78 is 27.7. The van der Waals surface area contributed by atoms with Crippen molar-refractivity contribution >= 4 is 21.6 Å². The number of aliphatic hydroxyl groups excluding tert-OH is 2. The number of aliphatic hydroxyl groups is 2. The van der Waals surface area contributed by atoms with Gasteiger partial charge in [-0.3, -0.25) is 9.59 Å². The van der Waals surface area contributed by atoms with Crippen LogP contribution in [0.3, 0.4) is 0 Å². The number of rotatable bonds is 7. The molecule has 2 N–H and O–H groups in total. The SMILES string of the molecule is O=C1C(N2CCCCCC2)=C(S(=O)(=O)N(CCO)CCO)C(=O)c2ccccc21. The Morgan fingerprint density at radius 1 is 0.862 bits per heavy atom. The number of hydrogen-bond donors (Lipinski definition) is 2. The van der Waals surface area contributed by atoms with Gasteiger partial charge < -0.3 is 15.1 Å². The van der Waals surface area contributed by atoms with E-state index in [1.54, 1.807) is 17.0 Å². The van der Waals surface area contributed by atoms with Crippen LogP contribution >= 0.6 is 0 Å². The molecule has 1 saturated heterocycles. The Labute approximate surface area is 170 Å². The lowest BCUT2D eigenvalue weighted by Crippen LogP contribution is -2.43. The van der Waals surface area contributed by atoms with E-state index in [0.29, 0.717) is 13.1 Å². The van der Waals surface area contributed by atoms with Gasteiger partial charge in [-0.05, 0) is 12.8 Å². The van der Waals surface area contributed by atoms with Gasteiger partial charge in [-0.1, -0.05) is 37.1 Å². The molecular weight excluding hydrogens is 396 g/mol. The van der Waals surface area contributed by atoms with Crippen molar-refractivity contribution < 1.29 is 28.2 Å². The third-order valence-electron chi connectivity index (χ3n) is 5.27. The van der Waals surface area contributed by atoms with E-state index in [2.05, 4.69) is 0 Å². The van der Waals surface area contributed by atoms with Crippen LogP contribution in [0.15, 0.2) is 34.9 Å². The number of carbonyl (C=O) groups is 2. The lowest BCUT2D eigenvalue weighted by atomic mass is 9.91. The van der Waals surface area contributed by atoms with Crippen molar-refractivity contribution in [3.63, 3.8) is 0 Å². The molecule has 0 saturated carbocycles. The predicted molar refractivity (Wildman–Crippen MR) is 107 cm³/mol. The van der Waals surface area contributed by atoms with Gasteiger partial charge in [0.1, 0.15) is 5.70 Å². The van der Waals surface area contributed by atoms with E-state index >= 15 is 0 Å². The normalized spacial score (nSPS) is 18.2. The summed E-state index contributed by atoms with van der Waals surface area (Å²) in [4.78, 5) is 27.8. The standard InChI is InChI=1S/C20H26N2O6S/c23-13-11-22(12-14-24)29(27,28)20-17(21-9-5-1-2-6-10-21)18(25)15-7-3-4-8-16(15)19(20)26/h3-4,7-8,23-24H,1-2,5-6,9-14H2. The van der Waals surface area contributed by atoms with E-state index in [1.165, 1.54) is 12.1 Å². The van der Waals surface area contributed by atoms with Crippen molar-refractivity contribution in [1.29, 1.82) is 0 Å². The molecule has 8 nitrogen and oxygen atoms in total. The smallest absolute Gasteiger partial charge is 0.249 e. The number of ketones is 2. The largest absolute Gasteiger partial charge is 0.395 e. The Hall–Kier alpha value is -2.07. The second kappa shape index (κ2) is 9.17. The Bertz CT molecular complexity index is 911. The van der Waals surface area contributed by atoms with Gasteiger partial charge in [0.15, 0.2) is 4.91 Å². The van der Waals surface area contributed by atoms with Crippen molar-refractivity contribution in [1.82, 2.24) is 9.21 Å². The van der Waals surface area contributed by atoms with Gasteiger partial charge in [0.2, 0.25) is 21.6 Å². The minimum atomic E-state index is -4.40. The van der Waals surface area contributed by atoms with Gasteiger partial charge in [0, 0.05) is 37.3 Å². The third-order valence-corrected chi connectivity index (χ3v) is 7.21. The second-order valence-corrected chi connectivity index (χ2v) is 9.01. The van der Waals surface area contributed by atoms with E-state index < -0.39 is 39.7 Å². The van der Waals surface area contributed by atoms with E-state index in [9.17, 15) is 28.2 Å². The minimum absolute atomic E-state index is 0.0580. The molecule has 0 bridgehead atoms. The quantitative estimate of drug-likeness (QED) is 0.667. The molecule has 0 aromatic heterocycles. The molecule has 29 heavy (non-hydrogen) atoms. The zero-order valence-electron chi connectivity index (χ0n) is 16.2. The highest BCUT2D eigenvalue weighted by atomic mass is 32.2. The molecule has 1 aromatic carbocycles. The average molecular weight is 423 g/mol. The maximum absolute atomic E-state index is 13.4. The van der Waals surface area contributed by atoms with Crippen molar-refractivity contribution in [2.45, 2.75) is 25.7 Å². The number of likely N-dealkylation sites (tertiary alicyclic amines) is 1. The van der Waals surface area contributed by atoms with Crippen LogP contribution < -0.4 is 0 Å². The molecule has 1 aliphatic carbocycles. The topological polar surface area (TPSA) is 115 Å². The first-order valence-electron chi connectivity index (χ1n) is 9.83. The zero-order chi connectivity index (χ0) is 21.0. The average Bonchev–Trinajstić information content (AvgIpc) is 2.99.